The molecule has 0 radical (unpaired) electrons. The Balaban J connectivity index is 1.45. The zero-order chi connectivity index (χ0) is 14.2. The summed E-state index contributed by atoms with van der Waals surface area (Å²) in [4.78, 5) is 17.8. The number of likely N-dealkylation sites (tertiary alicyclic amines) is 1. The molecule has 1 unspecified atom stereocenters. The normalized spacial score (nSPS) is 22.1. The molecule has 1 N–H and O–H groups in total. The van der Waals surface area contributed by atoms with E-state index in [0.717, 1.165) is 48.5 Å². The van der Waals surface area contributed by atoms with Gasteiger partial charge < -0.3 is 14.6 Å². The molecule has 2 aliphatic rings. The molecule has 0 bridgehead atoms. The average Bonchev–Trinajstić information content (AvgIpc) is 3.06. The third-order valence-corrected chi connectivity index (χ3v) is 4.52. The van der Waals surface area contributed by atoms with Gasteiger partial charge in [-0.1, -0.05) is 18.2 Å². The number of H-pyrrole nitrogens is 1. The molecule has 1 aromatic carbocycles. The summed E-state index contributed by atoms with van der Waals surface area (Å²) in [6, 6.07) is 7.94. The quantitative estimate of drug-likeness (QED) is 0.938. The van der Waals surface area contributed by atoms with Gasteiger partial charge in [0.05, 0.1) is 11.7 Å². The second-order valence-corrected chi connectivity index (χ2v) is 6.19. The second kappa shape index (κ2) is 5.19. The Morgan fingerprint density at radius 1 is 1.29 bits per heavy atom. The van der Waals surface area contributed by atoms with Gasteiger partial charge in [-0.05, 0) is 31.2 Å². The Bertz CT molecular complexity index is 660. The van der Waals surface area contributed by atoms with E-state index < -0.39 is 0 Å². The molecule has 4 nitrogen and oxygen atoms in total. The summed E-state index contributed by atoms with van der Waals surface area (Å²) in [5.74, 6) is 0.897. The molecule has 1 saturated heterocycles. The first-order valence-electron chi connectivity index (χ1n) is 7.78. The molecule has 21 heavy (non-hydrogen) atoms. The van der Waals surface area contributed by atoms with Crippen molar-refractivity contribution in [2.24, 2.45) is 5.92 Å². The zero-order valence-electron chi connectivity index (χ0n) is 12.0. The highest BCUT2D eigenvalue weighted by Crippen LogP contribution is 2.30. The summed E-state index contributed by atoms with van der Waals surface area (Å²) < 4.78 is 5.91. The minimum Gasteiger partial charge on any atom is -0.376 e. The molecule has 2 heterocycles. The van der Waals surface area contributed by atoms with Crippen LogP contribution in [0.5, 0.6) is 0 Å². The second-order valence-electron chi connectivity index (χ2n) is 6.19. The van der Waals surface area contributed by atoms with E-state index in [2.05, 4.69) is 4.98 Å². The van der Waals surface area contributed by atoms with Crippen LogP contribution in [0, 0.1) is 5.92 Å². The minimum absolute atomic E-state index is 0.116. The topological polar surface area (TPSA) is 45.3 Å². The van der Waals surface area contributed by atoms with Crippen molar-refractivity contribution < 1.29 is 9.53 Å². The van der Waals surface area contributed by atoms with Crippen LogP contribution in [0.3, 0.4) is 0 Å². The lowest BCUT2D eigenvalue weighted by atomic mass is 10.1. The van der Waals surface area contributed by atoms with Gasteiger partial charge in [-0.2, -0.15) is 0 Å². The van der Waals surface area contributed by atoms with Crippen molar-refractivity contribution in [3.8, 4) is 0 Å². The summed E-state index contributed by atoms with van der Waals surface area (Å²) in [5, 5.41) is 1.00. The van der Waals surface area contributed by atoms with Crippen LogP contribution < -0.4 is 0 Å². The number of para-hydroxylation sites is 1. The van der Waals surface area contributed by atoms with Crippen LogP contribution in [0.4, 0.5) is 0 Å². The standard InChI is InChI=1S/C17H20N2O2/c20-17(15-9-18-16-4-2-1-3-14(15)16)19-8-7-13(10-19)21-11-12-5-6-12/h1-4,9,12-13,18H,5-8,10-11H2. The van der Waals surface area contributed by atoms with Gasteiger partial charge in [0.25, 0.3) is 5.91 Å². The molecular formula is C17H20N2O2. The molecule has 2 fully saturated rings. The number of carbonyl (C=O) groups excluding carboxylic acids is 1. The first-order valence-corrected chi connectivity index (χ1v) is 7.78. The summed E-state index contributed by atoms with van der Waals surface area (Å²) in [6.07, 6.45) is 5.63. The highest BCUT2D eigenvalue weighted by molar-refractivity contribution is 6.06. The lowest BCUT2D eigenvalue weighted by molar-refractivity contribution is 0.0481. The number of nitrogens with one attached hydrogen (secondary N) is 1. The van der Waals surface area contributed by atoms with Gasteiger partial charge in [-0.25, -0.2) is 0 Å². The maximum atomic E-state index is 12.7. The van der Waals surface area contributed by atoms with Gasteiger partial charge in [0.1, 0.15) is 0 Å². The number of rotatable bonds is 4. The maximum absolute atomic E-state index is 12.7. The van der Waals surface area contributed by atoms with Gasteiger partial charge in [0, 0.05) is 36.8 Å². The Hall–Kier alpha value is -1.81. The third kappa shape index (κ3) is 2.56. The van der Waals surface area contributed by atoms with Crippen molar-refractivity contribution in [3.63, 3.8) is 0 Å². The number of benzene rings is 1. The molecular weight excluding hydrogens is 264 g/mol. The van der Waals surface area contributed by atoms with E-state index in [-0.39, 0.29) is 12.0 Å². The minimum atomic E-state index is 0.116. The maximum Gasteiger partial charge on any atom is 0.256 e. The first-order chi connectivity index (χ1) is 10.3. The van der Waals surface area contributed by atoms with Crippen LogP contribution in [-0.4, -0.2) is 41.6 Å². The van der Waals surface area contributed by atoms with Gasteiger partial charge in [0.2, 0.25) is 0 Å². The van der Waals surface area contributed by atoms with E-state index in [1.165, 1.54) is 12.8 Å². The van der Waals surface area contributed by atoms with Crippen molar-refractivity contribution in [1.82, 2.24) is 9.88 Å². The average molecular weight is 284 g/mol. The van der Waals surface area contributed by atoms with Crippen LogP contribution in [0.25, 0.3) is 10.9 Å². The predicted octanol–water partition coefficient (Wildman–Crippen LogP) is 2.81. The predicted molar refractivity (Wildman–Crippen MR) is 81.3 cm³/mol. The van der Waals surface area contributed by atoms with Gasteiger partial charge in [0.15, 0.2) is 0 Å². The molecule has 1 atom stereocenters. The molecule has 110 valence electrons. The highest BCUT2D eigenvalue weighted by Gasteiger charge is 2.30. The van der Waals surface area contributed by atoms with E-state index in [4.69, 9.17) is 4.74 Å². The van der Waals surface area contributed by atoms with Crippen LogP contribution in [0.1, 0.15) is 29.6 Å². The number of hydrogen-bond acceptors (Lipinski definition) is 2. The Kier molecular flexibility index (Phi) is 3.19. The molecule has 1 saturated carbocycles. The van der Waals surface area contributed by atoms with E-state index in [1.54, 1.807) is 0 Å². The van der Waals surface area contributed by atoms with E-state index in [9.17, 15) is 4.79 Å². The molecule has 2 aromatic rings. The molecule has 4 heteroatoms. The van der Waals surface area contributed by atoms with E-state index >= 15 is 0 Å². The number of aromatic amines is 1. The highest BCUT2D eigenvalue weighted by atomic mass is 16.5. The summed E-state index contributed by atoms with van der Waals surface area (Å²) in [7, 11) is 0. The zero-order valence-corrected chi connectivity index (χ0v) is 12.0. The monoisotopic (exact) mass is 284 g/mol. The number of hydrogen-bond donors (Lipinski definition) is 1. The lowest BCUT2D eigenvalue weighted by Gasteiger charge is -2.16. The van der Waals surface area contributed by atoms with Gasteiger partial charge in [-0.15, -0.1) is 0 Å². The molecule has 1 aliphatic heterocycles. The fourth-order valence-electron chi connectivity index (χ4n) is 3.02. The number of ether oxygens (including phenoxy) is 1. The van der Waals surface area contributed by atoms with E-state index in [0.29, 0.717) is 0 Å². The molecule has 4 rings (SSSR count). The van der Waals surface area contributed by atoms with Crippen LogP contribution in [-0.2, 0) is 4.74 Å². The smallest absolute Gasteiger partial charge is 0.256 e. The number of amides is 1. The number of nitrogens with zero attached hydrogens (tertiary/aromatic N) is 1. The van der Waals surface area contributed by atoms with Gasteiger partial charge >= 0.3 is 0 Å². The lowest BCUT2D eigenvalue weighted by Crippen LogP contribution is -2.30. The largest absolute Gasteiger partial charge is 0.376 e. The van der Waals surface area contributed by atoms with Crippen LogP contribution in [0.2, 0.25) is 0 Å². The molecule has 1 aromatic heterocycles. The van der Waals surface area contributed by atoms with Crippen molar-refractivity contribution in [3.05, 3.63) is 36.0 Å². The summed E-state index contributed by atoms with van der Waals surface area (Å²) in [5.41, 5.74) is 1.79. The SMILES string of the molecule is O=C(c1c[nH]c2ccccc12)N1CCC(OCC2CC2)C1. The number of carbonyl (C=O) groups is 1. The van der Waals surface area contributed by atoms with Gasteiger partial charge in [-0.3, -0.25) is 4.79 Å². The Morgan fingerprint density at radius 3 is 3.00 bits per heavy atom. The van der Waals surface area contributed by atoms with Crippen molar-refractivity contribution in [2.75, 3.05) is 19.7 Å². The van der Waals surface area contributed by atoms with Crippen LogP contribution in [0.15, 0.2) is 30.5 Å². The fourth-order valence-corrected chi connectivity index (χ4v) is 3.02. The fraction of sp³-hybridized carbons (Fsp3) is 0.471. The number of aromatic nitrogens is 1. The summed E-state index contributed by atoms with van der Waals surface area (Å²) in [6.45, 7) is 2.40. The van der Waals surface area contributed by atoms with E-state index in [1.807, 2.05) is 35.4 Å². The summed E-state index contributed by atoms with van der Waals surface area (Å²) >= 11 is 0. The van der Waals surface area contributed by atoms with Crippen molar-refractivity contribution in [2.45, 2.75) is 25.4 Å². The Labute approximate surface area is 124 Å². The van der Waals surface area contributed by atoms with Crippen LogP contribution >= 0.6 is 0 Å². The third-order valence-electron chi connectivity index (χ3n) is 4.52. The van der Waals surface area contributed by atoms with Crippen molar-refractivity contribution >= 4 is 16.8 Å². The number of fused-ring (bicyclic) bond motifs is 1. The Morgan fingerprint density at radius 2 is 2.14 bits per heavy atom. The first kappa shape index (κ1) is 12.9. The molecule has 1 aliphatic carbocycles. The molecule has 1 amide bonds. The molecule has 0 spiro atoms. The van der Waals surface area contributed by atoms with Crippen molar-refractivity contribution in [1.29, 1.82) is 0 Å².